The molecule has 0 aromatic carbocycles. The minimum atomic E-state index is -0.973. The Morgan fingerprint density at radius 1 is 1.53 bits per heavy atom. The van der Waals surface area contributed by atoms with Crippen LogP contribution in [0.5, 0.6) is 0 Å². The Labute approximate surface area is 106 Å². The van der Waals surface area contributed by atoms with Crippen LogP contribution in [0.4, 0.5) is 0 Å². The summed E-state index contributed by atoms with van der Waals surface area (Å²) in [5, 5.41) is 11.6. The molecule has 17 heavy (non-hydrogen) atoms. The zero-order chi connectivity index (χ0) is 12.9. The van der Waals surface area contributed by atoms with Gasteiger partial charge in [-0.15, -0.1) is 0 Å². The summed E-state index contributed by atoms with van der Waals surface area (Å²) in [6.07, 6.45) is 4.89. The predicted octanol–water partition coefficient (Wildman–Crippen LogP) is 0.438. The second-order valence-corrected chi connectivity index (χ2v) is 5.47. The smallest absolute Gasteiger partial charge is 0.326 e. The molecule has 1 rings (SSSR count). The number of carboxylic acid groups (broad SMARTS) is 1. The third-order valence-corrected chi connectivity index (χ3v) is 4.04. The molecule has 1 atom stereocenters. The van der Waals surface area contributed by atoms with Crippen molar-refractivity contribution in [2.24, 2.45) is 11.1 Å². The third kappa shape index (κ3) is 3.35. The monoisotopic (exact) mass is 260 g/mol. The van der Waals surface area contributed by atoms with Gasteiger partial charge in [-0.3, -0.25) is 4.79 Å². The topological polar surface area (TPSA) is 92.4 Å². The summed E-state index contributed by atoms with van der Waals surface area (Å²) in [5.41, 5.74) is 5.10. The average molecular weight is 260 g/mol. The Morgan fingerprint density at radius 3 is 2.53 bits per heavy atom. The van der Waals surface area contributed by atoms with E-state index in [1.54, 1.807) is 11.8 Å². The average Bonchev–Trinajstić information content (AvgIpc) is 2.23. The first kappa shape index (κ1) is 14.3. The van der Waals surface area contributed by atoms with Gasteiger partial charge in [0.1, 0.15) is 6.04 Å². The third-order valence-electron chi connectivity index (χ3n) is 3.40. The number of carbonyl (C=O) groups is 2. The molecular formula is C11H20N2O3S. The van der Waals surface area contributed by atoms with Crippen molar-refractivity contribution in [3.8, 4) is 0 Å². The van der Waals surface area contributed by atoms with Gasteiger partial charge < -0.3 is 16.2 Å². The quantitative estimate of drug-likeness (QED) is 0.617. The first-order valence-electron chi connectivity index (χ1n) is 5.78. The fraction of sp³-hybridized carbons (Fsp3) is 0.818. The highest BCUT2D eigenvalue weighted by Crippen LogP contribution is 2.40. The van der Waals surface area contributed by atoms with Crippen LogP contribution in [0.3, 0.4) is 0 Å². The molecule has 0 spiro atoms. The number of hydrogen-bond donors (Lipinski definition) is 3. The Morgan fingerprint density at radius 2 is 2.18 bits per heavy atom. The van der Waals surface area contributed by atoms with Gasteiger partial charge in [0, 0.05) is 6.54 Å². The molecule has 1 saturated carbocycles. The summed E-state index contributed by atoms with van der Waals surface area (Å²) >= 11 is 1.57. The van der Waals surface area contributed by atoms with Crippen LogP contribution in [-0.2, 0) is 9.59 Å². The first-order chi connectivity index (χ1) is 8.05. The Balaban J connectivity index is 2.54. The van der Waals surface area contributed by atoms with Crippen LogP contribution in [-0.4, -0.2) is 41.6 Å². The minimum Gasteiger partial charge on any atom is -0.480 e. The van der Waals surface area contributed by atoms with Crippen LogP contribution in [0.2, 0.25) is 0 Å². The van der Waals surface area contributed by atoms with Crippen molar-refractivity contribution >= 4 is 23.6 Å². The van der Waals surface area contributed by atoms with Crippen molar-refractivity contribution < 1.29 is 14.7 Å². The molecule has 0 aliphatic heterocycles. The van der Waals surface area contributed by atoms with E-state index < -0.39 is 17.4 Å². The minimum absolute atomic E-state index is 0.195. The fourth-order valence-electron chi connectivity index (χ4n) is 1.93. The zero-order valence-corrected chi connectivity index (χ0v) is 10.9. The summed E-state index contributed by atoms with van der Waals surface area (Å²) < 4.78 is 0. The summed E-state index contributed by atoms with van der Waals surface area (Å²) in [6, 6.07) is -0.793. The number of amides is 1. The van der Waals surface area contributed by atoms with Crippen molar-refractivity contribution in [2.75, 3.05) is 18.6 Å². The molecule has 0 radical (unpaired) electrons. The lowest BCUT2D eigenvalue weighted by Gasteiger charge is -2.39. The lowest BCUT2D eigenvalue weighted by Crippen LogP contribution is -2.54. The van der Waals surface area contributed by atoms with Crippen LogP contribution in [0.1, 0.15) is 25.7 Å². The van der Waals surface area contributed by atoms with Gasteiger partial charge in [0.05, 0.1) is 5.41 Å². The van der Waals surface area contributed by atoms with Gasteiger partial charge in [-0.25, -0.2) is 4.79 Å². The molecule has 4 N–H and O–H groups in total. The van der Waals surface area contributed by atoms with Gasteiger partial charge in [0.25, 0.3) is 0 Å². The Kier molecular flexibility index (Phi) is 5.27. The summed E-state index contributed by atoms with van der Waals surface area (Å²) in [7, 11) is 0. The van der Waals surface area contributed by atoms with Crippen molar-refractivity contribution in [1.82, 2.24) is 5.32 Å². The number of thioether (sulfide) groups is 1. The van der Waals surface area contributed by atoms with Crippen molar-refractivity contribution in [2.45, 2.75) is 31.7 Å². The number of carboxylic acids is 1. The Bertz CT molecular complexity index is 287. The molecule has 0 unspecified atom stereocenters. The molecule has 6 heteroatoms. The van der Waals surface area contributed by atoms with E-state index in [1.165, 1.54) is 0 Å². The van der Waals surface area contributed by atoms with E-state index in [1.807, 2.05) is 6.26 Å². The maximum Gasteiger partial charge on any atom is 0.326 e. The highest BCUT2D eigenvalue weighted by Gasteiger charge is 2.43. The lowest BCUT2D eigenvalue weighted by atomic mass is 9.68. The molecule has 98 valence electrons. The van der Waals surface area contributed by atoms with E-state index in [2.05, 4.69) is 5.32 Å². The number of aliphatic carboxylic acids is 1. The van der Waals surface area contributed by atoms with Crippen LogP contribution >= 0.6 is 11.8 Å². The number of nitrogens with two attached hydrogens (primary N) is 1. The summed E-state index contributed by atoms with van der Waals surface area (Å²) in [5.74, 6) is -0.453. The van der Waals surface area contributed by atoms with Gasteiger partial charge in [0.15, 0.2) is 0 Å². The second kappa shape index (κ2) is 6.26. The standard InChI is InChI=1S/C11H20N2O3S/c1-17-6-3-8(9(14)15)13-10(16)11(7-12)4-2-5-11/h8H,2-7,12H2,1H3,(H,13,16)(H,14,15)/t8-/m0/s1. The van der Waals surface area contributed by atoms with Gasteiger partial charge in [-0.1, -0.05) is 6.42 Å². The Hall–Kier alpha value is -0.750. The molecule has 0 bridgehead atoms. The van der Waals surface area contributed by atoms with E-state index in [-0.39, 0.29) is 5.91 Å². The molecule has 5 nitrogen and oxygen atoms in total. The SMILES string of the molecule is CSCC[C@H](NC(=O)C1(CN)CCC1)C(=O)O. The number of rotatable bonds is 7. The molecule has 1 fully saturated rings. The molecule has 0 aromatic rings. The summed E-state index contributed by atoms with van der Waals surface area (Å²) in [6.45, 7) is 0.299. The molecule has 1 aliphatic rings. The summed E-state index contributed by atoms with van der Waals surface area (Å²) in [4.78, 5) is 23.0. The normalized spacial score (nSPS) is 19.2. The lowest BCUT2D eigenvalue weighted by molar-refractivity contribution is -0.145. The van der Waals surface area contributed by atoms with Crippen molar-refractivity contribution in [3.05, 3.63) is 0 Å². The van der Waals surface area contributed by atoms with Crippen LogP contribution in [0, 0.1) is 5.41 Å². The number of nitrogens with one attached hydrogen (secondary N) is 1. The van der Waals surface area contributed by atoms with Gasteiger partial charge in [-0.05, 0) is 31.3 Å². The highest BCUT2D eigenvalue weighted by molar-refractivity contribution is 7.98. The van der Waals surface area contributed by atoms with E-state index in [0.29, 0.717) is 18.7 Å². The molecule has 0 heterocycles. The maximum atomic E-state index is 12.0. The largest absolute Gasteiger partial charge is 0.480 e. The zero-order valence-electron chi connectivity index (χ0n) is 10.1. The van der Waals surface area contributed by atoms with Crippen LogP contribution < -0.4 is 11.1 Å². The van der Waals surface area contributed by atoms with Gasteiger partial charge in [0.2, 0.25) is 5.91 Å². The van der Waals surface area contributed by atoms with Gasteiger partial charge in [-0.2, -0.15) is 11.8 Å². The van der Waals surface area contributed by atoms with Crippen molar-refractivity contribution in [3.63, 3.8) is 0 Å². The molecule has 0 aromatic heterocycles. The molecular weight excluding hydrogens is 240 g/mol. The van der Waals surface area contributed by atoms with Crippen molar-refractivity contribution in [1.29, 1.82) is 0 Å². The number of hydrogen-bond acceptors (Lipinski definition) is 4. The number of carbonyl (C=O) groups excluding carboxylic acids is 1. The van der Waals surface area contributed by atoms with E-state index in [9.17, 15) is 9.59 Å². The molecule has 1 amide bonds. The highest BCUT2D eigenvalue weighted by atomic mass is 32.2. The van der Waals surface area contributed by atoms with E-state index >= 15 is 0 Å². The van der Waals surface area contributed by atoms with Gasteiger partial charge >= 0.3 is 5.97 Å². The molecule has 0 saturated heterocycles. The maximum absolute atomic E-state index is 12.0. The second-order valence-electron chi connectivity index (χ2n) is 4.48. The molecule has 1 aliphatic carbocycles. The predicted molar refractivity (Wildman–Crippen MR) is 67.9 cm³/mol. The van der Waals surface area contributed by atoms with Crippen LogP contribution in [0.25, 0.3) is 0 Å². The van der Waals surface area contributed by atoms with Crippen LogP contribution in [0.15, 0.2) is 0 Å². The van der Waals surface area contributed by atoms with E-state index in [4.69, 9.17) is 10.8 Å². The first-order valence-corrected chi connectivity index (χ1v) is 7.18. The van der Waals surface area contributed by atoms with E-state index in [0.717, 1.165) is 19.3 Å². The fourth-order valence-corrected chi connectivity index (χ4v) is 2.40.